The van der Waals surface area contributed by atoms with Gasteiger partial charge in [-0.1, -0.05) is 11.6 Å². The van der Waals surface area contributed by atoms with Crippen LogP contribution < -0.4 is 10.6 Å². The average Bonchev–Trinajstić information content (AvgIpc) is 2.36. The number of anilines is 2. The molecule has 2 rings (SSSR count). The van der Waals surface area contributed by atoms with Crippen molar-refractivity contribution in [2.45, 2.75) is 0 Å². The van der Waals surface area contributed by atoms with E-state index in [0.29, 0.717) is 6.07 Å². The van der Waals surface area contributed by atoms with Crippen LogP contribution in [0.2, 0.25) is 5.02 Å². The van der Waals surface area contributed by atoms with Crippen molar-refractivity contribution in [1.29, 1.82) is 0 Å². The van der Waals surface area contributed by atoms with E-state index >= 15 is 0 Å². The Bertz CT molecular complexity index is 609. The van der Waals surface area contributed by atoms with Crippen LogP contribution in [0.25, 0.3) is 0 Å². The van der Waals surface area contributed by atoms with Crippen molar-refractivity contribution in [3.8, 4) is 5.75 Å². The van der Waals surface area contributed by atoms with Crippen molar-refractivity contribution in [3.05, 3.63) is 53.1 Å². The fraction of sp³-hybridized carbons (Fsp3) is 0. The van der Waals surface area contributed by atoms with Gasteiger partial charge in [-0.05, 0) is 24.3 Å². The lowest BCUT2D eigenvalue weighted by Gasteiger charge is -2.09. The number of urea groups is 1. The van der Waals surface area contributed by atoms with E-state index in [1.54, 1.807) is 0 Å². The number of hydrogen-bond donors (Lipinski definition) is 3. The van der Waals surface area contributed by atoms with Crippen LogP contribution in [-0.4, -0.2) is 11.1 Å². The summed E-state index contributed by atoms with van der Waals surface area (Å²) >= 11 is 5.80. The van der Waals surface area contributed by atoms with Crippen molar-refractivity contribution in [3.63, 3.8) is 0 Å². The molecule has 0 spiro atoms. The van der Waals surface area contributed by atoms with Gasteiger partial charge in [0.05, 0.1) is 16.4 Å². The van der Waals surface area contributed by atoms with E-state index in [9.17, 15) is 18.7 Å². The number of carbonyl (C=O) groups is 1. The molecule has 0 aromatic heterocycles. The second-order valence-electron chi connectivity index (χ2n) is 3.87. The number of aromatic hydroxyl groups is 1. The molecule has 2 amide bonds. The van der Waals surface area contributed by atoms with Gasteiger partial charge in [0.25, 0.3) is 0 Å². The fourth-order valence-electron chi connectivity index (χ4n) is 1.47. The molecule has 0 saturated heterocycles. The maximum Gasteiger partial charge on any atom is 0.323 e. The van der Waals surface area contributed by atoms with E-state index < -0.39 is 17.7 Å². The average molecular weight is 299 g/mol. The number of carbonyl (C=O) groups excluding carboxylic acids is 1. The number of rotatable bonds is 2. The van der Waals surface area contributed by atoms with Gasteiger partial charge in [0.2, 0.25) is 0 Å². The molecule has 3 N–H and O–H groups in total. The van der Waals surface area contributed by atoms with Crippen molar-refractivity contribution in [1.82, 2.24) is 0 Å². The number of hydrogen-bond acceptors (Lipinski definition) is 2. The molecule has 0 aliphatic heterocycles. The van der Waals surface area contributed by atoms with E-state index in [0.717, 1.165) is 12.1 Å². The van der Waals surface area contributed by atoms with Gasteiger partial charge >= 0.3 is 6.03 Å². The third-order valence-corrected chi connectivity index (χ3v) is 2.69. The number of nitrogens with one attached hydrogen (secondary N) is 2. The van der Waals surface area contributed by atoms with Crippen LogP contribution >= 0.6 is 11.6 Å². The maximum absolute atomic E-state index is 13.3. The van der Waals surface area contributed by atoms with Crippen LogP contribution in [0, 0.1) is 11.6 Å². The standard InChI is InChI=1S/C13H9ClF2N2O2/c14-9-6-8(19)2-4-11(9)17-13(20)18-12-3-1-7(15)5-10(12)16/h1-6,19H,(H2,17,18,20). The SMILES string of the molecule is O=C(Nc1ccc(F)cc1F)Nc1ccc(O)cc1Cl. The van der Waals surface area contributed by atoms with Crippen LogP contribution in [0.15, 0.2) is 36.4 Å². The van der Waals surface area contributed by atoms with Gasteiger partial charge in [-0.25, -0.2) is 13.6 Å². The van der Waals surface area contributed by atoms with E-state index in [1.165, 1.54) is 18.2 Å². The Kier molecular flexibility index (Phi) is 4.05. The molecule has 0 saturated carbocycles. The third kappa shape index (κ3) is 3.36. The van der Waals surface area contributed by atoms with Gasteiger partial charge in [0.15, 0.2) is 0 Å². The number of amides is 2. The molecule has 0 fully saturated rings. The van der Waals surface area contributed by atoms with Crippen molar-refractivity contribution >= 4 is 29.0 Å². The highest BCUT2D eigenvalue weighted by atomic mass is 35.5. The zero-order chi connectivity index (χ0) is 14.7. The van der Waals surface area contributed by atoms with Crippen LogP contribution in [-0.2, 0) is 0 Å². The first-order valence-electron chi connectivity index (χ1n) is 5.47. The highest BCUT2D eigenvalue weighted by molar-refractivity contribution is 6.34. The highest BCUT2D eigenvalue weighted by Crippen LogP contribution is 2.26. The number of benzene rings is 2. The molecular weight excluding hydrogens is 290 g/mol. The summed E-state index contributed by atoms with van der Waals surface area (Å²) in [6, 6.07) is 5.99. The lowest BCUT2D eigenvalue weighted by Crippen LogP contribution is -2.20. The molecule has 4 nitrogen and oxygen atoms in total. The minimum Gasteiger partial charge on any atom is -0.508 e. The molecule has 0 bridgehead atoms. The molecule has 20 heavy (non-hydrogen) atoms. The van der Waals surface area contributed by atoms with Crippen LogP contribution in [0.4, 0.5) is 25.0 Å². The smallest absolute Gasteiger partial charge is 0.323 e. The molecule has 7 heteroatoms. The first kappa shape index (κ1) is 14.1. The number of phenolic OH excluding ortho intramolecular Hbond substituents is 1. The van der Waals surface area contributed by atoms with Crippen LogP contribution in [0.3, 0.4) is 0 Å². The van der Waals surface area contributed by atoms with Crippen molar-refractivity contribution < 1.29 is 18.7 Å². The minimum atomic E-state index is -0.892. The van der Waals surface area contributed by atoms with Gasteiger partial charge < -0.3 is 15.7 Å². The highest BCUT2D eigenvalue weighted by Gasteiger charge is 2.10. The summed E-state index contributed by atoms with van der Waals surface area (Å²) in [5.74, 6) is -1.68. The summed E-state index contributed by atoms with van der Waals surface area (Å²) in [7, 11) is 0. The maximum atomic E-state index is 13.3. The molecule has 0 radical (unpaired) electrons. The Balaban J connectivity index is 2.09. The first-order valence-corrected chi connectivity index (χ1v) is 5.85. The van der Waals surface area contributed by atoms with Gasteiger partial charge in [0, 0.05) is 12.1 Å². The Labute approximate surface area is 118 Å². The van der Waals surface area contributed by atoms with Gasteiger partial charge in [-0.15, -0.1) is 0 Å². The second kappa shape index (κ2) is 5.75. The predicted octanol–water partition coefficient (Wildman–Crippen LogP) is 3.97. The largest absolute Gasteiger partial charge is 0.508 e. The monoisotopic (exact) mass is 298 g/mol. The van der Waals surface area contributed by atoms with Gasteiger partial charge in [-0.2, -0.15) is 0 Å². The summed E-state index contributed by atoms with van der Waals surface area (Å²) in [6.45, 7) is 0. The van der Waals surface area contributed by atoms with Crippen molar-refractivity contribution in [2.75, 3.05) is 10.6 Å². The van der Waals surface area contributed by atoms with Gasteiger partial charge in [0.1, 0.15) is 17.4 Å². The summed E-state index contributed by atoms with van der Waals surface area (Å²) < 4.78 is 26.1. The zero-order valence-corrected chi connectivity index (χ0v) is 10.7. The quantitative estimate of drug-likeness (QED) is 0.735. The summed E-state index contributed by atoms with van der Waals surface area (Å²) in [5, 5.41) is 13.9. The Morgan fingerprint density at radius 3 is 2.35 bits per heavy atom. The third-order valence-electron chi connectivity index (χ3n) is 2.38. The molecule has 0 heterocycles. The Hall–Kier alpha value is -2.34. The molecule has 0 aliphatic carbocycles. The normalized spacial score (nSPS) is 10.2. The summed E-state index contributed by atoms with van der Waals surface area (Å²) in [4.78, 5) is 11.7. The minimum absolute atomic E-state index is 0.0504. The van der Waals surface area contributed by atoms with E-state index in [1.807, 2.05) is 0 Å². The van der Waals surface area contributed by atoms with E-state index in [-0.39, 0.29) is 22.1 Å². The molecular formula is C13H9ClF2N2O2. The second-order valence-corrected chi connectivity index (χ2v) is 4.27. The number of halogens is 3. The van der Waals surface area contributed by atoms with Crippen molar-refractivity contribution in [2.24, 2.45) is 0 Å². The fourth-order valence-corrected chi connectivity index (χ4v) is 1.69. The molecule has 0 atom stereocenters. The first-order chi connectivity index (χ1) is 9.45. The molecule has 0 aliphatic rings. The summed E-state index contributed by atoms with van der Waals surface area (Å²) in [5.41, 5.74) is 0.0725. The molecule has 104 valence electrons. The zero-order valence-electron chi connectivity index (χ0n) is 9.95. The number of phenols is 1. The molecule has 2 aromatic carbocycles. The Morgan fingerprint density at radius 2 is 1.70 bits per heavy atom. The van der Waals surface area contributed by atoms with E-state index in [2.05, 4.69) is 10.6 Å². The lowest BCUT2D eigenvalue weighted by atomic mass is 10.3. The Morgan fingerprint density at radius 1 is 1.05 bits per heavy atom. The summed E-state index contributed by atoms with van der Waals surface area (Å²) in [6.07, 6.45) is 0. The molecule has 0 unspecified atom stereocenters. The van der Waals surface area contributed by atoms with Gasteiger partial charge in [-0.3, -0.25) is 0 Å². The predicted molar refractivity (Wildman–Crippen MR) is 72.1 cm³/mol. The molecule has 2 aromatic rings. The topological polar surface area (TPSA) is 61.4 Å². The van der Waals surface area contributed by atoms with Crippen LogP contribution in [0.5, 0.6) is 5.75 Å². The lowest BCUT2D eigenvalue weighted by molar-refractivity contribution is 0.262. The van der Waals surface area contributed by atoms with Crippen LogP contribution in [0.1, 0.15) is 0 Å². The van der Waals surface area contributed by atoms with E-state index in [4.69, 9.17) is 11.6 Å².